The third kappa shape index (κ3) is 4.44. The maximum atomic E-state index is 10.6. The van der Waals surface area contributed by atoms with Crippen molar-refractivity contribution in [3.8, 4) is 5.75 Å². The van der Waals surface area contributed by atoms with Gasteiger partial charge in [0.2, 0.25) is 5.91 Å². The normalized spacial score (nSPS) is 10.7. The van der Waals surface area contributed by atoms with Gasteiger partial charge < -0.3 is 10.5 Å². The minimum atomic E-state index is -0.465. The van der Waals surface area contributed by atoms with Gasteiger partial charge >= 0.3 is 0 Å². The highest BCUT2D eigenvalue weighted by Crippen LogP contribution is 2.16. The second kappa shape index (κ2) is 6.78. The lowest BCUT2D eigenvalue weighted by atomic mass is 10.2. The summed E-state index contributed by atoms with van der Waals surface area (Å²) >= 11 is 5.82. The van der Waals surface area contributed by atoms with Crippen LogP contribution >= 0.6 is 11.6 Å². The topological polar surface area (TPSA) is 52.3 Å². The first kappa shape index (κ1) is 14.2. The Morgan fingerprint density at radius 3 is 2.35 bits per heavy atom. The van der Waals surface area contributed by atoms with E-state index in [1.807, 2.05) is 48.5 Å². The van der Waals surface area contributed by atoms with E-state index in [-0.39, 0.29) is 0 Å². The van der Waals surface area contributed by atoms with Gasteiger partial charge in [0, 0.05) is 11.1 Å². The fourth-order valence-corrected chi connectivity index (χ4v) is 1.73. The van der Waals surface area contributed by atoms with Gasteiger partial charge in [0.15, 0.2) is 0 Å². The Kier molecular flexibility index (Phi) is 4.80. The highest BCUT2D eigenvalue weighted by Gasteiger charge is 1.97. The molecule has 0 spiro atoms. The molecule has 0 atom stereocenters. The van der Waals surface area contributed by atoms with Crippen LogP contribution in [0.25, 0.3) is 6.08 Å². The van der Waals surface area contributed by atoms with Crippen molar-refractivity contribution in [1.29, 1.82) is 0 Å². The average Bonchev–Trinajstić information content (AvgIpc) is 2.45. The summed E-state index contributed by atoms with van der Waals surface area (Å²) < 4.78 is 5.65. The predicted octanol–water partition coefficient (Wildman–Crippen LogP) is 3.42. The molecule has 20 heavy (non-hydrogen) atoms. The molecule has 0 radical (unpaired) electrons. The SMILES string of the molecule is NC(=O)/C=C/c1ccc(OCc2ccc(Cl)cc2)cc1. The quantitative estimate of drug-likeness (QED) is 0.857. The van der Waals surface area contributed by atoms with Crippen LogP contribution in [0.1, 0.15) is 11.1 Å². The van der Waals surface area contributed by atoms with Gasteiger partial charge in [0.25, 0.3) is 0 Å². The lowest BCUT2D eigenvalue weighted by molar-refractivity contribution is -0.113. The first-order valence-corrected chi connectivity index (χ1v) is 6.46. The third-order valence-electron chi connectivity index (χ3n) is 2.64. The van der Waals surface area contributed by atoms with Crippen LogP contribution in [0.2, 0.25) is 5.02 Å². The van der Waals surface area contributed by atoms with E-state index in [2.05, 4.69) is 0 Å². The minimum absolute atomic E-state index is 0.465. The molecule has 3 nitrogen and oxygen atoms in total. The van der Waals surface area contributed by atoms with Gasteiger partial charge in [-0.15, -0.1) is 0 Å². The predicted molar refractivity (Wildman–Crippen MR) is 80.5 cm³/mol. The molecule has 102 valence electrons. The van der Waals surface area contributed by atoms with E-state index in [0.717, 1.165) is 16.9 Å². The number of nitrogens with two attached hydrogens (primary N) is 1. The number of carbonyl (C=O) groups excluding carboxylic acids is 1. The lowest BCUT2D eigenvalue weighted by Gasteiger charge is -2.06. The lowest BCUT2D eigenvalue weighted by Crippen LogP contribution is -2.05. The van der Waals surface area contributed by atoms with Gasteiger partial charge in [-0.1, -0.05) is 35.9 Å². The zero-order chi connectivity index (χ0) is 14.4. The summed E-state index contributed by atoms with van der Waals surface area (Å²) in [5, 5.41) is 0.708. The summed E-state index contributed by atoms with van der Waals surface area (Å²) in [5.74, 6) is 0.296. The van der Waals surface area contributed by atoms with Crippen LogP contribution < -0.4 is 10.5 Å². The number of hydrogen-bond acceptors (Lipinski definition) is 2. The molecule has 2 aromatic carbocycles. The van der Waals surface area contributed by atoms with Gasteiger partial charge in [-0.05, 0) is 41.5 Å². The molecule has 1 amide bonds. The van der Waals surface area contributed by atoms with Crippen molar-refractivity contribution in [1.82, 2.24) is 0 Å². The Labute approximate surface area is 122 Å². The molecule has 0 saturated heterocycles. The molecule has 2 aromatic rings. The van der Waals surface area contributed by atoms with Gasteiger partial charge in [0.05, 0.1) is 0 Å². The summed E-state index contributed by atoms with van der Waals surface area (Å²) in [5.41, 5.74) is 6.97. The van der Waals surface area contributed by atoms with Crippen molar-refractivity contribution in [3.05, 3.63) is 70.8 Å². The molecule has 0 fully saturated rings. The van der Waals surface area contributed by atoms with Crippen LogP contribution in [0.5, 0.6) is 5.75 Å². The molecule has 0 saturated carbocycles. The molecule has 2 N–H and O–H groups in total. The Morgan fingerprint density at radius 2 is 1.75 bits per heavy atom. The fraction of sp³-hybridized carbons (Fsp3) is 0.0625. The van der Waals surface area contributed by atoms with Gasteiger partial charge in [-0.2, -0.15) is 0 Å². The molecule has 0 aliphatic rings. The fourth-order valence-electron chi connectivity index (χ4n) is 1.60. The maximum absolute atomic E-state index is 10.6. The van der Waals surface area contributed by atoms with Gasteiger partial charge in [-0.25, -0.2) is 0 Å². The van der Waals surface area contributed by atoms with E-state index >= 15 is 0 Å². The van der Waals surface area contributed by atoms with E-state index < -0.39 is 5.91 Å². The molecule has 0 aliphatic heterocycles. The second-order valence-electron chi connectivity index (χ2n) is 4.22. The summed E-state index contributed by atoms with van der Waals surface area (Å²) in [4.78, 5) is 10.6. The third-order valence-corrected chi connectivity index (χ3v) is 2.89. The van der Waals surface area contributed by atoms with E-state index in [0.29, 0.717) is 11.6 Å². The molecule has 0 bridgehead atoms. The highest BCUT2D eigenvalue weighted by molar-refractivity contribution is 6.30. The zero-order valence-corrected chi connectivity index (χ0v) is 11.5. The summed E-state index contributed by atoms with van der Waals surface area (Å²) in [6.07, 6.45) is 2.98. The zero-order valence-electron chi connectivity index (χ0n) is 10.8. The molecule has 0 aliphatic carbocycles. The molecule has 0 aromatic heterocycles. The number of carbonyl (C=O) groups is 1. The van der Waals surface area contributed by atoms with Crippen LogP contribution in [0.3, 0.4) is 0 Å². The number of amides is 1. The van der Waals surface area contributed by atoms with Gasteiger partial charge in [-0.3, -0.25) is 4.79 Å². The van der Waals surface area contributed by atoms with Crippen LogP contribution in [0.15, 0.2) is 54.6 Å². The number of benzene rings is 2. The van der Waals surface area contributed by atoms with E-state index in [1.165, 1.54) is 6.08 Å². The minimum Gasteiger partial charge on any atom is -0.489 e. The molecular formula is C16H14ClNO2. The summed E-state index contributed by atoms with van der Waals surface area (Å²) in [6, 6.07) is 14.9. The van der Waals surface area contributed by atoms with Crippen molar-refractivity contribution in [2.24, 2.45) is 5.73 Å². The average molecular weight is 288 g/mol. The molecule has 4 heteroatoms. The van der Waals surface area contributed by atoms with Crippen LogP contribution in [-0.4, -0.2) is 5.91 Å². The van der Waals surface area contributed by atoms with Crippen molar-refractivity contribution in [2.75, 3.05) is 0 Å². The molecule has 0 unspecified atom stereocenters. The van der Waals surface area contributed by atoms with Crippen LogP contribution in [0.4, 0.5) is 0 Å². The van der Waals surface area contributed by atoms with E-state index in [9.17, 15) is 4.79 Å². The standard InChI is InChI=1S/C16H14ClNO2/c17-14-6-1-13(2-7-14)11-20-15-8-3-12(4-9-15)5-10-16(18)19/h1-10H,11H2,(H2,18,19)/b10-5+. The highest BCUT2D eigenvalue weighted by atomic mass is 35.5. The Hall–Kier alpha value is -2.26. The van der Waals surface area contributed by atoms with E-state index in [4.69, 9.17) is 22.1 Å². The number of rotatable bonds is 5. The van der Waals surface area contributed by atoms with Crippen molar-refractivity contribution in [3.63, 3.8) is 0 Å². The smallest absolute Gasteiger partial charge is 0.241 e. The molecular weight excluding hydrogens is 274 g/mol. The first-order valence-electron chi connectivity index (χ1n) is 6.08. The number of primary amides is 1. The number of halogens is 1. The van der Waals surface area contributed by atoms with Crippen molar-refractivity contribution >= 4 is 23.6 Å². The molecule has 0 heterocycles. The maximum Gasteiger partial charge on any atom is 0.241 e. The molecule has 2 rings (SSSR count). The van der Waals surface area contributed by atoms with Crippen LogP contribution in [-0.2, 0) is 11.4 Å². The Bertz CT molecular complexity index is 603. The summed E-state index contributed by atoms with van der Waals surface area (Å²) in [7, 11) is 0. The summed E-state index contributed by atoms with van der Waals surface area (Å²) in [6.45, 7) is 0.480. The van der Waals surface area contributed by atoms with Crippen molar-refractivity contribution in [2.45, 2.75) is 6.61 Å². The Morgan fingerprint density at radius 1 is 1.10 bits per heavy atom. The van der Waals surface area contributed by atoms with Gasteiger partial charge in [0.1, 0.15) is 12.4 Å². The monoisotopic (exact) mass is 287 g/mol. The second-order valence-corrected chi connectivity index (χ2v) is 4.66. The number of ether oxygens (including phenoxy) is 1. The number of hydrogen-bond donors (Lipinski definition) is 1. The Balaban J connectivity index is 1.93. The van der Waals surface area contributed by atoms with Crippen molar-refractivity contribution < 1.29 is 9.53 Å². The van der Waals surface area contributed by atoms with Crippen LogP contribution in [0, 0.1) is 0 Å². The largest absolute Gasteiger partial charge is 0.489 e. The van der Waals surface area contributed by atoms with E-state index in [1.54, 1.807) is 6.08 Å². The first-order chi connectivity index (χ1) is 9.63.